The van der Waals surface area contributed by atoms with Crippen molar-refractivity contribution in [2.75, 3.05) is 27.2 Å². The zero-order valence-electron chi connectivity index (χ0n) is 11.4. The van der Waals surface area contributed by atoms with Crippen LogP contribution < -0.4 is 0 Å². The summed E-state index contributed by atoms with van der Waals surface area (Å²) in [6.07, 6.45) is 0. The molecule has 0 spiro atoms. The molecule has 2 unspecified atom stereocenters. The highest BCUT2D eigenvalue weighted by molar-refractivity contribution is 9.10. The van der Waals surface area contributed by atoms with Crippen LogP contribution in [0.15, 0.2) is 33.6 Å². The van der Waals surface area contributed by atoms with Crippen LogP contribution in [0.2, 0.25) is 0 Å². The molecule has 1 aromatic rings. The third kappa shape index (κ3) is 3.02. The third-order valence-electron chi connectivity index (χ3n) is 3.65. The highest BCUT2D eigenvalue weighted by atomic mass is 79.9. The summed E-state index contributed by atoms with van der Waals surface area (Å²) in [5, 5.41) is 0. The van der Waals surface area contributed by atoms with E-state index in [2.05, 4.69) is 27.8 Å². The van der Waals surface area contributed by atoms with E-state index in [9.17, 15) is 8.42 Å². The monoisotopic (exact) mass is 346 g/mol. The van der Waals surface area contributed by atoms with Crippen molar-refractivity contribution in [3.05, 3.63) is 28.7 Å². The molecule has 0 aliphatic carbocycles. The average molecular weight is 347 g/mol. The van der Waals surface area contributed by atoms with Gasteiger partial charge in [0.2, 0.25) is 10.0 Å². The summed E-state index contributed by atoms with van der Waals surface area (Å²) in [6, 6.07) is 7.09. The first kappa shape index (κ1) is 15.0. The van der Waals surface area contributed by atoms with Gasteiger partial charge < -0.3 is 4.90 Å². The Bertz CT molecular complexity index is 542. The van der Waals surface area contributed by atoms with Gasteiger partial charge in [-0.1, -0.05) is 22.9 Å². The van der Waals surface area contributed by atoms with Gasteiger partial charge in [-0.05, 0) is 44.3 Å². The minimum atomic E-state index is -3.37. The lowest BCUT2D eigenvalue weighted by atomic mass is 10.1. The molecule has 0 aromatic heterocycles. The molecule has 1 aromatic carbocycles. The zero-order chi connectivity index (χ0) is 14.2. The summed E-state index contributed by atoms with van der Waals surface area (Å²) >= 11 is 3.32. The lowest BCUT2D eigenvalue weighted by Gasteiger charge is -2.22. The maximum atomic E-state index is 12.6. The Balaban J connectivity index is 2.24. The predicted molar refractivity (Wildman–Crippen MR) is 79.5 cm³/mol. The van der Waals surface area contributed by atoms with Gasteiger partial charge in [0.15, 0.2) is 0 Å². The van der Waals surface area contributed by atoms with Crippen molar-refractivity contribution in [2.45, 2.75) is 17.9 Å². The van der Waals surface area contributed by atoms with Gasteiger partial charge in [-0.3, -0.25) is 0 Å². The van der Waals surface area contributed by atoms with Crippen LogP contribution in [-0.2, 0) is 10.0 Å². The Morgan fingerprint density at radius 3 is 2.26 bits per heavy atom. The van der Waals surface area contributed by atoms with E-state index in [4.69, 9.17) is 0 Å². The molecule has 0 amide bonds. The molecule has 1 aliphatic heterocycles. The van der Waals surface area contributed by atoms with Gasteiger partial charge >= 0.3 is 0 Å². The topological polar surface area (TPSA) is 40.6 Å². The normalized spacial score (nSPS) is 25.1. The summed E-state index contributed by atoms with van der Waals surface area (Å²) < 4.78 is 27.6. The molecule has 2 rings (SSSR count). The fourth-order valence-corrected chi connectivity index (χ4v) is 4.35. The molecule has 4 nitrogen and oxygen atoms in total. The third-order valence-corrected chi connectivity index (χ3v) is 6.03. The number of likely N-dealkylation sites (N-methyl/N-ethyl adjacent to an activating group) is 1. The molecule has 0 saturated carbocycles. The summed E-state index contributed by atoms with van der Waals surface area (Å²) in [6.45, 7) is 3.25. The van der Waals surface area contributed by atoms with Crippen LogP contribution in [0.1, 0.15) is 6.92 Å². The number of rotatable bonds is 3. The summed E-state index contributed by atoms with van der Waals surface area (Å²) in [7, 11) is 0.625. The molecule has 106 valence electrons. The number of hydrogen-bond donors (Lipinski definition) is 0. The standard InChI is InChI=1S/C13H19BrN2O2S/c1-10-8-16(9-13(10)15(2)3)19(17,18)12-6-4-11(14)5-7-12/h4-7,10,13H,8-9H2,1-3H3. The van der Waals surface area contributed by atoms with Crippen molar-refractivity contribution in [1.29, 1.82) is 0 Å². The highest BCUT2D eigenvalue weighted by Crippen LogP contribution is 2.27. The first-order chi connectivity index (χ1) is 8.82. The number of sulfonamides is 1. The minimum absolute atomic E-state index is 0.283. The fraction of sp³-hybridized carbons (Fsp3) is 0.538. The van der Waals surface area contributed by atoms with Crippen LogP contribution in [0.5, 0.6) is 0 Å². The average Bonchev–Trinajstić information content (AvgIpc) is 2.72. The molecule has 0 bridgehead atoms. The van der Waals surface area contributed by atoms with Crippen molar-refractivity contribution in [3.63, 3.8) is 0 Å². The van der Waals surface area contributed by atoms with Crippen LogP contribution in [0.25, 0.3) is 0 Å². The smallest absolute Gasteiger partial charge is 0.243 e. The van der Waals surface area contributed by atoms with Crippen molar-refractivity contribution in [1.82, 2.24) is 9.21 Å². The SMILES string of the molecule is CC1CN(S(=O)(=O)c2ccc(Br)cc2)CC1N(C)C. The van der Waals surface area contributed by atoms with Gasteiger partial charge in [-0.25, -0.2) is 8.42 Å². The van der Waals surface area contributed by atoms with Crippen molar-refractivity contribution in [2.24, 2.45) is 5.92 Å². The minimum Gasteiger partial charge on any atom is -0.305 e. The second-order valence-corrected chi connectivity index (χ2v) is 8.14. The van der Waals surface area contributed by atoms with Crippen LogP contribution in [0, 0.1) is 5.92 Å². The second-order valence-electron chi connectivity index (χ2n) is 5.28. The zero-order valence-corrected chi connectivity index (χ0v) is 13.8. The van der Waals surface area contributed by atoms with Crippen LogP contribution in [0.4, 0.5) is 0 Å². The summed E-state index contributed by atoms with van der Waals surface area (Å²) in [5.41, 5.74) is 0. The van der Waals surface area contributed by atoms with Gasteiger partial charge in [0.1, 0.15) is 0 Å². The van der Waals surface area contributed by atoms with Gasteiger partial charge in [0.25, 0.3) is 0 Å². The van der Waals surface area contributed by atoms with Crippen molar-refractivity contribution >= 4 is 26.0 Å². The van der Waals surface area contributed by atoms with Gasteiger partial charge in [0.05, 0.1) is 4.90 Å². The Morgan fingerprint density at radius 2 is 1.79 bits per heavy atom. The highest BCUT2D eigenvalue weighted by Gasteiger charge is 2.37. The molecule has 1 fully saturated rings. The first-order valence-electron chi connectivity index (χ1n) is 6.24. The van der Waals surface area contributed by atoms with E-state index in [1.165, 1.54) is 0 Å². The maximum Gasteiger partial charge on any atom is 0.243 e. The second kappa shape index (κ2) is 5.52. The van der Waals surface area contributed by atoms with E-state index < -0.39 is 10.0 Å². The number of hydrogen-bond acceptors (Lipinski definition) is 3. The molecule has 1 saturated heterocycles. The molecular weight excluding hydrogens is 328 g/mol. The van der Waals surface area contributed by atoms with E-state index in [0.717, 1.165) is 4.47 Å². The lowest BCUT2D eigenvalue weighted by Crippen LogP contribution is -2.35. The molecule has 1 aliphatic rings. The molecule has 2 atom stereocenters. The Labute approximate surface area is 123 Å². The van der Waals surface area contributed by atoms with E-state index in [1.54, 1.807) is 28.6 Å². The van der Waals surface area contributed by atoms with E-state index in [-0.39, 0.29) is 6.04 Å². The van der Waals surface area contributed by atoms with Crippen LogP contribution in [0.3, 0.4) is 0 Å². The molecule has 0 radical (unpaired) electrons. The summed E-state index contributed by atoms with van der Waals surface area (Å²) in [5.74, 6) is 0.347. The molecule has 0 N–H and O–H groups in total. The fourth-order valence-electron chi connectivity index (χ4n) is 2.53. The first-order valence-corrected chi connectivity index (χ1v) is 8.48. The lowest BCUT2D eigenvalue weighted by molar-refractivity contribution is 0.263. The van der Waals surface area contributed by atoms with Crippen molar-refractivity contribution in [3.8, 4) is 0 Å². The predicted octanol–water partition coefficient (Wildman–Crippen LogP) is 2.02. The molecular formula is C13H19BrN2O2S. The largest absolute Gasteiger partial charge is 0.305 e. The Kier molecular flexibility index (Phi) is 4.35. The van der Waals surface area contributed by atoms with Gasteiger partial charge in [-0.15, -0.1) is 0 Å². The van der Waals surface area contributed by atoms with Crippen LogP contribution in [-0.4, -0.2) is 50.8 Å². The summed E-state index contributed by atoms with van der Waals surface area (Å²) in [4.78, 5) is 2.46. The van der Waals surface area contributed by atoms with E-state index >= 15 is 0 Å². The number of benzene rings is 1. The number of halogens is 1. The van der Waals surface area contributed by atoms with E-state index in [0.29, 0.717) is 23.9 Å². The molecule has 6 heteroatoms. The number of nitrogens with zero attached hydrogens (tertiary/aromatic N) is 2. The quantitative estimate of drug-likeness (QED) is 0.840. The molecule has 1 heterocycles. The van der Waals surface area contributed by atoms with Gasteiger partial charge in [-0.2, -0.15) is 4.31 Å². The van der Waals surface area contributed by atoms with E-state index in [1.807, 2.05) is 14.1 Å². The molecule has 19 heavy (non-hydrogen) atoms. The van der Waals surface area contributed by atoms with Crippen molar-refractivity contribution < 1.29 is 8.42 Å². The Hall–Kier alpha value is -0.430. The van der Waals surface area contributed by atoms with Crippen LogP contribution >= 0.6 is 15.9 Å². The Morgan fingerprint density at radius 1 is 1.21 bits per heavy atom. The van der Waals surface area contributed by atoms with Gasteiger partial charge in [0, 0.05) is 23.6 Å². The maximum absolute atomic E-state index is 12.6.